The molecule has 1 rings (SSSR count). The molecule has 0 aromatic rings. The Morgan fingerprint density at radius 3 is 2.54 bits per heavy atom. The van der Waals surface area contributed by atoms with Gasteiger partial charge in [-0.05, 0) is 19.3 Å². The average Bonchev–Trinajstić information content (AvgIpc) is 2.61. The molecule has 1 aliphatic rings. The van der Waals surface area contributed by atoms with Gasteiger partial charge in [-0.25, -0.2) is 0 Å². The van der Waals surface area contributed by atoms with Gasteiger partial charge in [-0.15, -0.1) is 6.58 Å². The minimum atomic E-state index is 0.491. The van der Waals surface area contributed by atoms with E-state index in [1.165, 1.54) is 6.42 Å². The number of aliphatic imine (C=N–C) groups is 1. The normalized spacial score (nSPS) is 17.0. The quantitative estimate of drug-likeness (QED) is 0.245. The van der Waals surface area contributed by atoms with Crippen LogP contribution in [0, 0.1) is 0 Å². The summed E-state index contributed by atoms with van der Waals surface area (Å²) in [7, 11) is 1.81. The second-order valence-electron chi connectivity index (χ2n) is 6.09. The van der Waals surface area contributed by atoms with Crippen molar-refractivity contribution in [1.82, 2.24) is 15.5 Å². The Balaban J connectivity index is 2.02. The highest BCUT2D eigenvalue weighted by atomic mass is 16.5. The number of hydrogen-bond acceptors (Lipinski definition) is 4. The van der Waals surface area contributed by atoms with E-state index in [4.69, 9.17) is 9.47 Å². The van der Waals surface area contributed by atoms with E-state index in [1.54, 1.807) is 0 Å². The van der Waals surface area contributed by atoms with Crippen LogP contribution >= 0.6 is 0 Å². The third-order valence-electron chi connectivity index (χ3n) is 4.09. The molecule has 140 valence electrons. The van der Waals surface area contributed by atoms with Crippen molar-refractivity contribution in [3.8, 4) is 0 Å². The van der Waals surface area contributed by atoms with Crippen LogP contribution < -0.4 is 10.6 Å². The molecule has 0 spiro atoms. The van der Waals surface area contributed by atoms with Crippen LogP contribution in [0.15, 0.2) is 17.6 Å². The largest absolute Gasteiger partial charge is 0.379 e. The maximum atomic E-state index is 5.55. The van der Waals surface area contributed by atoms with Gasteiger partial charge >= 0.3 is 0 Å². The highest BCUT2D eigenvalue weighted by molar-refractivity contribution is 5.79. The molecule has 1 heterocycles. The summed E-state index contributed by atoms with van der Waals surface area (Å²) >= 11 is 0. The zero-order valence-electron chi connectivity index (χ0n) is 15.6. The summed E-state index contributed by atoms with van der Waals surface area (Å²) in [6.45, 7) is 12.8. The second kappa shape index (κ2) is 14.3. The molecule has 6 nitrogen and oxygen atoms in total. The molecule has 0 aromatic carbocycles. The summed E-state index contributed by atoms with van der Waals surface area (Å²) < 4.78 is 11.0. The molecular weight excluding hydrogens is 304 g/mol. The molecule has 0 saturated carbocycles. The summed E-state index contributed by atoms with van der Waals surface area (Å²) in [5.41, 5.74) is 0. The average molecular weight is 341 g/mol. The number of nitrogens with zero attached hydrogens (tertiary/aromatic N) is 2. The lowest BCUT2D eigenvalue weighted by Crippen LogP contribution is -2.49. The number of rotatable bonds is 12. The lowest BCUT2D eigenvalue weighted by molar-refractivity contribution is 0.0487. The number of guanidine groups is 1. The molecule has 1 fully saturated rings. The SMILES string of the molecule is C=CCN1CCC(NC(=NC)NCCOCCOCCCC)CC1. The Morgan fingerprint density at radius 2 is 1.92 bits per heavy atom. The first-order chi connectivity index (χ1) is 11.8. The van der Waals surface area contributed by atoms with Crippen LogP contribution in [0.4, 0.5) is 0 Å². The predicted octanol–water partition coefficient (Wildman–Crippen LogP) is 1.64. The van der Waals surface area contributed by atoms with Crippen molar-refractivity contribution >= 4 is 5.96 Å². The smallest absolute Gasteiger partial charge is 0.191 e. The summed E-state index contributed by atoms with van der Waals surface area (Å²) in [5.74, 6) is 0.861. The van der Waals surface area contributed by atoms with Crippen LogP contribution in [0.3, 0.4) is 0 Å². The van der Waals surface area contributed by atoms with Gasteiger partial charge in [0, 0.05) is 45.9 Å². The third-order valence-corrected chi connectivity index (χ3v) is 4.09. The van der Waals surface area contributed by atoms with Gasteiger partial charge in [0.15, 0.2) is 5.96 Å². The summed E-state index contributed by atoms with van der Waals surface area (Å²) in [5, 5.41) is 6.81. The Labute approximate surface area is 147 Å². The number of ether oxygens (including phenoxy) is 2. The lowest BCUT2D eigenvalue weighted by atomic mass is 10.1. The van der Waals surface area contributed by atoms with Crippen LogP contribution in [-0.2, 0) is 9.47 Å². The van der Waals surface area contributed by atoms with E-state index in [2.05, 4.69) is 34.0 Å². The minimum Gasteiger partial charge on any atom is -0.379 e. The Morgan fingerprint density at radius 1 is 1.21 bits per heavy atom. The Hall–Kier alpha value is -1.11. The molecule has 0 bridgehead atoms. The van der Waals surface area contributed by atoms with Crippen LogP contribution in [-0.4, -0.2) is 76.6 Å². The Kier molecular flexibility index (Phi) is 12.4. The standard InChI is InChI=1S/C18H36N4O2/c1-4-6-13-23-15-16-24-14-9-20-18(19-3)21-17-7-11-22(10-5-2)12-8-17/h5,17H,2,4,6-16H2,1,3H3,(H2,19,20,21). The third kappa shape index (κ3) is 9.90. The molecule has 2 N–H and O–H groups in total. The van der Waals surface area contributed by atoms with E-state index in [0.717, 1.165) is 58.0 Å². The first-order valence-electron chi connectivity index (χ1n) is 9.26. The maximum absolute atomic E-state index is 5.55. The van der Waals surface area contributed by atoms with Crippen molar-refractivity contribution in [2.45, 2.75) is 38.6 Å². The first kappa shape index (κ1) is 20.9. The maximum Gasteiger partial charge on any atom is 0.191 e. The van der Waals surface area contributed by atoms with E-state index in [-0.39, 0.29) is 0 Å². The fourth-order valence-electron chi connectivity index (χ4n) is 2.64. The first-order valence-corrected chi connectivity index (χ1v) is 9.26. The molecular formula is C18H36N4O2. The molecule has 0 unspecified atom stereocenters. The van der Waals surface area contributed by atoms with Crippen LogP contribution in [0.25, 0.3) is 0 Å². The molecule has 0 aromatic heterocycles. The zero-order valence-corrected chi connectivity index (χ0v) is 15.6. The highest BCUT2D eigenvalue weighted by Crippen LogP contribution is 2.09. The van der Waals surface area contributed by atoms with E-state index >= 15 is 0 Å². The minimum absolute atomic E-state index is 0.491. The molecule has 0 amide bonds. The van der Waals surface area contributed by atoms with Gasteiger partial charge in [0.1, 0.15) is 0 Å². The highest BCUT2D eigenvalue weighted by Gasteiger charge is 2.18. The zero-order chi connectivity index (χ0) is 17.5. The van der Waals surface area contributed by atoms with Crippen LogP contribution in [0.1, 0.15) is 32.6 Å². The van der Waals surface area contributed by atoms with E-state index < -0.39 is 0 Å². The predicted molar refractivity (Wildman–Crippen MR) is 101 cm³/mol. The van der Waals surface area contributed by atoms with Gasteiger partial charge in [0.05, 0.1) is 19.8 Å². The van der Waals surface area contributed by atoms with Crippen molar-refractivity contribution in [2.24, 2.45) is 4.99 Å². The van der Waals surface area contributed by atoms with Crippen LogP contribution in [0.5, 0.6) is 0 Å². The molecule has 1 aliphatic heterocycles. The van der Waals surface area contributed by atoms with Gasteiger partial charge < -0.3 is 20.1 Å². The number of hydrogen-bond donors (Lipinski definition) is 2. The fraction of sp³-hybridized carbons (Fsp3) is 0.833. The second-order valence-corrected chi connectivity index (χ2v) is 6.09. The summed E-state index contributed by atoms with van der Waals surface area (Å²) in [4.78, 5) is 6.72. The molecule has 1 saturated heterocycles. The number of nitrogens with one attached hydrogen (secondary N) is 2. The van der Waals surface area contributed by atoms with E-state index in [1.807, 2.05) is 13.1 Å². The molecule has 6 heteroatoms. The molecule has 24 heavy (non-hydrogen) atoms. The number of piperidine rings is 1. The summed E-state index contributed by atoms with van der Waals surface area (Å²) in [6.07, 6.45) is 6.55. The van der Waals surface area contributed by atoms with Crippen molar-refractivity contribution in [1.29, 1.82) is 0 Å². The molecule has 0 aliphatic carbocycles. The van der Waals surface area contributed by atoms with E-state index in [0.29, 0.717) is 25.9 Å². The van der Waals surface area contributed by atoms with Gasteiger partial charge in [0.2, 0.25) is 0 Å². The van der Waals surface area contributed by atoms with Gasteiger partial charge in [-0.3, -0.25) is 9.89 Å². The van der Waals surface area contributed by atoms with Gasteiger partial charge in [-0.1, -0.05) is 19.4 Å². The number of unbranched alkanes of at least 4 members (excludes halogenated alkanes) is 1. The van der Waals surface area contributed by atoms with Crippen molar-refractivity contribution in [3.05, 3.63) is 12.7 Å². The number of likely N-dealkylation sites (tertiary alicyclic amines) is 1. The van der Waals surface area contributed by atoms with Gasteiger partial charge in [0.25, 0.3) is 0 Å². The van der Waals surface area contributed by atoms with E-state index in [9.17, 15) is 0 Å². The fourth-order valence-corrected chi connectivity index (χ4v) is 2.64. The Bertz CT molecular complexity index is 342. The van der Waals surface area contributed by atoms with Crippen molar-refractivity contribution in [3.63, 3.8) is 0 Å². The topological polar surface area (TPSA) is 58.1 Å². The van der Waals surface area contributed by atoms with Crippen molar-refractivity contribution < 1.29 is 9.47 Å². The lowest BCUT2D eigenvalue weighted by Gasteiger charge is -2.32. The van der Waals surface area contributed by atoms with Crippen LogP contribution in [0.2, 0.25) is 0 Å². The summed E-state index contributed by atoms with van der Waals surface area (Å²) in [6, 6.07) is 0.491. The molecule has 0 atom stereocenters. The van der Waals surface area contributed by atoms with Gasteiger partial charge in [-0.2, -0.15) is 0 Å². The monoisotopic (exact) mass is 340 g/mol. The van der Waals surface area contributed by atoms with Crippen molar-refractivity contribution in [2.75, 3.05) is 59.7 Å². The molecule has 0 radical (unpaired) electrons.